The summed E-state index contributed by atoms with van der Waals surface area (Å²) in [6.07, 6.45) is 0. The number of nitrogens with one attached hydrogen (secondary N) is 3. The fourth-order valence-electron chi connectivity index (χ4n) is 3.57. The number of benzene rings is 2. The Morgan fingerprint density at radius 2 is 2.08 bits per heavy atom. The second kappa shape index (κ2) is 10.1. The summed E-state index contributed by atoms with van der Waals surface area (Å²) in [6, 6.07) is 6.15. The van der Waals surface area contributed by atoms with Crippen molar-refractivity contribution in [2.45, 2.75) is 12.6 Å². The maximum absolute atomic E-state index is 15.5. The van der Waals surface area contributed by atoms with Gasteiger partial charge in [0, 0.05) is 16.8 Å². The molecule has 0 aliphatic rings. The summed E-state index contributed by atoms with van der Waals surface area (Å²) in [4.78, 5) is 30.5. The van der Waals surface area contributed by atoms with Crippen molar-refractivity contribution < 1.29 is 29.2 Å². The highest BCUT2D eigenvalue weighted by molar-refractivity contribution is 7.12. The van der Waals surface area contributed by atoms with Crippen LogP contribution in [0.1, 0.15) is 38.2 Å². The maximum atomic E-state index is 15.5. The van der Waals surface area contributed by atoms with Crippen LogP contribution in [-0.4, -0.2) is 54.0 Å². The Kier molecular flexibility index (Phi) is 6.90. The van der Waals surface area contributed by atoms with Gasteiger partial charge in [0.2, 0.25) is 0 Å². The average molecular weight is 530 g/mol. The zero-order chi connectivity index (χ0) is 26.9. The van der Waals surface area contributed by atoms with Crippen LogP contribution in [0.3, 0.4) is 0 Å². The largest absolute Gasteiger partial charge is 0.504 e. The van der Waals surface area contributed by atoms with E-state index in [0.29, 0.717) is 11.3 Å². The number of hydrogen-bond donors (Lipinski definition) is 7. The van der Waals surface area contributed by atoms with Crippen molar-refractivity contribution in [1.82, 2.24) is 19.7 Å². The Balaban J connectivity index is 1.89. The third-order valence-corrected chi connectivity index (χ3v) is 6.18. The number of ether oxygens (including phenoxy) is 1. The predicted molar refractivity (Wildman–Crippen MR) is 130 cm³/mol. The van der Waals surface area contributed by atoms with Gasteiger partial charge in [-0.2, -0.15) is 4.68 Å². The quantitative estimate of drug-likeness (QED) is 0.123. The van der Waals surface area contributed by atoms with Crippen LogP contribution in [0.15, 0.2) is 40.6 Å². The van der Waals surface area contributed by atoms with E-state index in [1.807, 2.05) is 0 Å². The van der Waals surface area contributed by atoms with Crippen molar-refractivity contribution >= 4 is 28.8 Å². The van der Waals surface area contributed by atoms with Crippen molar-refractivity contribution in [1.29, 1.82) is 5.41 Å². The number of aliphatic hydroxyl groups is 1. The summed E-state index contributed by atoms with van der Waals surface area (Å²) in [6.45, 7) is -0.854. The van der Waals surface area contributed by atoms with Crippen LogP contribution < -0.4 is 21.5 Å². The molecule has 0 bridgehead atoms. The Morgan fingerprint density at radius 1 is 1.38 bits per heavy atom. The third-order valence-electron chi connectivity index (χ3n) is 5.37. The SMILES string of the molecule is COc1cc(C(Nc2ccc(C(=N)N)cc2)c2nn(-c3ncsc3C(=O)O)c(=O)[nH]2)c(F)c(CO)c1O. The standard InChI is InChI=1S/C22H20FN7O6S/c1-36-13-6-11(14(23)12(7-31)16(13)32)15(27-10-4-2-9(3-5-10)18(24)25)19-28-22(35)30(29-19)20-17(21(33)34)37-8-26-20/h2-6,8,15,27,31-32H,7H2,1H3,(H3,24,25)(H,33,34)(H,28,29,35). The normalized spacial score (nSPS) is 11.8. The minimum atomic E-state index is -1.31. The van der Waals surface area contributed by atoms with Crippen molar-refractivity contribution in [2.75, 3.05) is 12.4 Å². The zero-order valence-electron chi connectivity index (χ0n) is 19.0. The van der Waals surface area contributed by atoms with Crippen LogP contribution in [0.4, 0.5) is 10.1 Å². The van der Waals surface area contributed by atoms with E-state index in [2.05, 4.69) is 20.4 Å². The van der Waals surface area contributed by atoms with Crippen LogP contribution in [0.5, 0.6) is 11.5 Å². The van der Waals surface area contributed by atoms with Gasteiger partial charge >= 0.3 is 11.7 Å². The predicted octanol–water partition coefficient (Wildman–Crippen LogP) is 1.55. The van der Waals surface area contributed by atoms with Gasteiger partial charge in [-0.1, -0.05) is 0 Å². The number of carboxylic acids is 1. The summed E-state index contributed by atoms with van der Waals surface area (Å²) in [5.41, 5.74) is 6.14. The number of phenols is 1. The third kappa shape index (κ3) is 4.72. The van der Waals surface area contributed by atoms with Gasteiger partial charge in [-0.15, -0.1) is 16.4 Å². The molecular weight excluding hydrogens is 509 g/mol. The van der Waals surface area contributed by atoms with Crippen molar-refractivity contribution in [2.24, 2.45) is 5.73 Å². The van der Waals surface area contributed by atoms with Gasteiger partial charge < -0.3 is 31.1 Å². The number of aromatic nitrogens is 4. The molecule has 37 heavy (non-hydrogen) atoms. The number of methoxy groups -OCH3 is 1. The number of aromatic carboxylic acids is 1. The first-order valence-electron chi connectivity index (χ1n) is 10.4. The molecule has 0 amide bonds. The van der Waals surface area contributed by atoms with Crippen molar-refractivity contribution in [3.63, 3.8) is 0 Å². The van der Waals surface area contributed by atoms with E-state index in [1.165, 1.54) is 18.7 Å². The Morgan fingerprint density at radius 3 is 2.68 bits per heavy atom. The van der Waals surface area contributed by atoms with Gasteiger partial charge in [-0.25, -0.2) is 19.0 Å². The molecule has 0 fully saturated rings. The van der Waals surface area contributed by atoms with Crippen molar-refractivity contribution in [3.05, 3.63) is 79.5 Å². The number of thiazole rings is 1. The monoisotopic (exact) mass is 529 g/mol. The van der Waals surface area contributed by atoms with E-state index in [4.69, 9.17) is 15.9 Å². The highest BCUT2D eigenvalue weighted by Gasteiger charge is 2.29. The molecule has 0 saturated heterocycles. The Bertz CT molecular complexity index is 1550. The zero-order valence-corrected chi connectivity index (χ0v) is 19.8. The van der Waals surface area contributed by atoms with E-state index in [0.717, 1.165) is 16.0 Å². The van der Waals surface area contributed by atoms with E-state index in [1.54, 1.807) is 24.3 Å². The van der Waals surface area contributed by atoms with Gasteiger partial charge in [0.05, 0.1) is 24.8 Å². The van der Waals surface area contributed by atoms with E-state index >= 15 is 4.39 Å². The number of rotatable bonds is 9. The lowest BCUT2D eigenvalue weighted by Gasteiger charge is -2.21. The summed E-state index contributed by atoms with van der Waals surface area (Å²) >= 11 is 0.796. The van der Waals surface area contributed by atoms with Gasteiger partial charge in [-0.3, -0.25) is 10.4 Å². The minimum Gasteiger partial charge on any atom is -0.504 e. The summed E-state index contributed by atoms with van der Waals surface area (Å²) in [7, 11) is 1.24. The lowest BCUT2D eigenvalue weighted by atomic mass is 10.00. The second-order valence-corrected chi connectivity index (χ2v) is 8.43. The molecule has 13 nitrogen and oxygen atoms in total. The summed E-state index contributed by atoms with van der Waals surface area (Å²) < 4.78 is 21.4. The first-order valence-corrected chi connectivity index (χ1v) is 11.3. The number of aliphatic hydroxyl groups excluding tert-OH is 1. The number of aromatic amines is 1. The van der Waals surface area contributed by atoms with E-state index in [-0.39, 0.29) is 33.7 Å². The second-order valence-electron chi connectivity index (χ2n) is 7.57. The molecule has 2 heterocycles. The number of H-pyrrole nitrogens is 1. The summed E-state index contributed by atoms with van der Waals surface area (Å²) in [5.74, 6) is -3.57. The van der Waals surface area contributed by atoms with Crippen LogP contribution in [0.2, 0.25) is 0 Å². The first-order chi connectivity index (χ1) is 17.7. The Hall–Kier alpha value is -4.76. The molecule has 0 saturated carbocycles. The van der Waals surface area contributed by atoms with Gasteiger partial charge in [0.25, 0.3) is 0 Å². The van der Waals surface area contributed by atoms with Crippen molar-refractivity contribution in [3.8, 4) is 17.3 Å². The summed E-state index contributed by atoms with van der Waals surface area (Å²) in [5, 5.41) is 44.1. The van der Waals surface area contributed by atoms with Crippen LogP contribution in [0.25, 0.3) is 5.82 Å². The minimum absolute atomic E-state index is 0.138. The van der Waals surface area contributed by atoms with Gasteiger partial charge in [-0.05, 0) is 30.3 Å². The molecule has 0 radical (unpaired) electrons. The topological polar surface area (TPSA) is 212 Å². The van der Waals surface area contributed by atoms with E-state index in [9.17, 15) is 24.9 Å². The number of carboxylic acid groups (broad SMARTS) is 1. The molecule has 0 aliphatic heterocycles. The maximum Gasteiger partial charge on any atom is 0.349 e. The number of aromatic hydroxyl groups is 1. The van der Waals surface area contributed by atoms with Gasteiger partial charge in [0.15, 0.2) is 28.0 Å². The molecule has 4 rings (SSSR count). The first kappa shape index (κ1) is 25.3. The smallest absolute Gasteiger partial charge is 0.349 e. The van der Waals surface area contributed by atoms with Crippen LogP contribution in [-0.2, 0) is 6.61 Å². The number of carbonyl (C=O) groups is 1. The highest BCUT2D eigenvalue weighted by Crippen LogP contribution is 2.38. The molecule has 192 valence electrons. The molecule has 2 aromatic carbocycles. The fourth-order valence-corrected chi connectivity index (χ4v) is 4.17. The molecule has 0 spiro atoms. The average Bonchev–Trinajstić information content (AvgIpc) is 3.50. The van der Waals surface area contributed by atoms with Crippen LogP contribution in [0, 0.1) is 11.2 Å². The van der Waals surface area contributed by atoms with Crippen LogP contribution >= 0.6 is 11.3 Å². The highest BCUT2D eigenvalue weighted by atomic mass is 32.1. The molecule has 15 heteroatoms. The number of nitrogen functional groups attached to an aromatic ring is 1. The Labute approximate surface area is 211 Å². The molecule has 1 atom stereocenters. The molecular formula is C22H20FN7O6S. The lowest BCUT2D eigenvalue weighted by molar-refractivity contribution is 0.0701. The fraction of sp³-hybridized carbons (Fsp3) is 0.136. The number of nitrogens with two attached hydrogens (primary N) is 1. The molecule has 8 N–H and O–H groups in total. The molecule has 4 aromatic rings. The molecule has 1 unspecified atom stereocenters. The number of nitrogens with zero attached hydrogens (tertiary/aromatic N) is 3. The number of hydrogen-bond acceptors (Lipinski definition) is 10. The number of anilines is 1. The number of halogens is 1. The lowest BCUT2D eigenvalue weighted by Crippen LogP contribution is -2.18. The number of amidine groups is 1. The molecule has 0 aliphatic carbocycles. The van der Waals surface area contributed by atoms with Gasteiger partial charge in [0.1, 0.15) is 17.7 Å². The van der Waals surface area contributed by atoms with E-state index < -0.39 is 41.4 Å². The molecule has 2 aromatic heterocycles.